The summed E-state index contributed by atoms with van der Waals surface area (Å²) in [7, 11) is 2.05. The molecule has 17 heavy (non-hydrogen) atoms. The molecule has 96 valence electrons. The molecular formula is C12H22N4O. The molecule has 5 nitrogen and oxygen atoms in total. The Hall–Kier alpha value is -1.10. The lowest BCUT2D eigenvalue weighted by Crippen LogP contribution is -2.29. The zero-order valence-electron chi connectivity index (χ0n) is 10.9. The number of rotatable bonds is 5. The lowest BCUT2D eigenvalue weighted by atomic mass is 10.2. The van der Waals surface area contributed by atoms with E-state index in [1.807, 2.05) is 14.0 Å². The third-order valence-electron chi connectivity index (χ3n) is 3.48. The molecule has 0 radical (unpaired) electrons. The highest BCUT2D eigenvalue weighted by molar-refractivity contribution is 5.25. The van der Waals surface area contributed by atoms with Gasteiger partial charge in [0.15, 0.2) is 0 Å². The molecule has 0 spiro atoms. The molecule has 1 fully saturated rings. The Morgan fingerprint density at radius 3 is 2.76 bits per heavy atom. The van der Waals surface area contributed by atoms with Crippen LogP contribution in [-0.4, -0.2) is 29.8 Å². The lowest BCUT2D eigenvalue weighted by molar-refractivity contribution is 0.415. The van der Waals surface area contributed by atoms with Crippen molar-refractivity contribution in [1.82, 2.24) is 15.5 Å². The van der Waals surface area contributed by atoms with Crippen LogP contribution in [0.1, 0.15) is 51.5 Å². The number of hydrogen-bond donors (Lipinski definition) is 1. The van der Waals surface area contributed by atoms with Crippen molar-refractivity contribution in [3.63, 3.8) is 0 Å². The van der Waals surface area contributed by atoms with Crippen LogP contribution in [-0.2, 0) is 0 Å². The summed E-state index contributed by atoms with van der Waals surface area (Å²) in [6.45, 7) is 5.01. The van der Waals surface area contributed by atoms with Gasteiger partial charge in [-0.05, 0) is 26.3 Å². The molecule has 1 aliphatic rings. The van der Waals surface area contributed by atoms with Crippen LogP contribution in [0.4, 0.5) is 6.01 Å². The summed E-state index contributed by atoms with van der Waals surface area (Å²) in [5, 5.41) is 11.5. The molecule has 2 rings (SSSR count). The van der Waals surface area contributed by atoms with E-state index in [1.54, 1.807) is 0 Å². The van der Waals surface area contributed by atoms with E-state index in [1.165, 1.54) is 25.7 Å². The van der Waals surface area contributed by atoms with Crippen molar-refractivity contribution >= 4 is 6.01 Å². The zero-order valence-corrected chi connectivity index (χ0v) is 10.9. The van der Waals surface area contributed by atoms with Crippen molar-refractivity contribution in [2.75, 3.05) is 18.5 Å². The molecule has 0 amide bonds. The zero-order chi connectivity index (χ0) is 12.3. The Labute approximate surface area is 103 Å². The third kappa shape index (κ3) is 2.77. The molecule has 1 atom stereocenters. The fourth-order valence-electron chi connectivity index (χ4n) is 2.39. The van der Waals surface area contributed by atoms with Crippen LogP contribution in [0.5, 0.6) is 0 Å². The average Bonchev–Trinajstić information content (AvgIpc) is 3.00. The Kier molecular flexibility index (Phi) is 3.99. The van der Waals surface area contributed by atoms with Crippen LogP contribution >= 0.6 is 0 Å². The van der Waals surface area contributed by atoms with Gasteiger partial charge in [0.05, 0.1) is 6.04 Å². The molecule has 5 heteroatoms. The number of hydrogen-bond acceptors (Lipinski definition) is 5. The van der Waals surface area contributed by atoms with E-state index < -0.39 is 0 Å². The van der Waals surface area contributed by atoms with Crippen LogP contribution in [0.25, 0.3) is 0 Å². The number of nitrogens with one attached hydrogen (secondary N) is 1. The first-order valence-electron chi connectivity index (χ1n) is 6.52. The SMILES string of the molecule is CCNC(C)c1nnc(N(C)C2CCCC2)o1. The van der Waals surface area contributed by atoms with Gasteiger partial charge in [-0.25, -0.2) is 0 Å². The Bertz CT molecular complexity index is 346. The first-order chi connectivity index (χ1) is 8.22. The second-order valence-corrected chi connectivity index (χ2v) is 4.75. The summed E-state index contributed by atoms with van der Waals surface area (Å²) in [5.41, 5.74) is 0. The molecule has 1 N–H and O–H groups in total. The largest absolute Gasteiger partial charge is 0.406 e. The van der Waals surface area contributed by atoms with E-state index in [2.05, 4.69) is 27.3 Å². The number of nitrogens with zero attached hydrogens (tertiary/aromatic N) is 3. The van der Waals surface area contributed by atoms with E-state index in [0.717, 1.165) is 6.54 Å². The highest BCUT2D eigenvalue weighted by Crippen LogP contribution is 2.26. The minimum atomic E-state index is 0.123. The van der Waals surface area contributed by atoms with Crippen LogP contribution in [0.3, 0.4) is 0 Å². The first-order valence-corrected chi connectivity index (χ1v) is 6.52. The smallest absolute Gasteiger partial charge is 0.318 e. The van der Waals surface area contributed by atoms with Crippen molar-refractivity contribution in [2.24, 2.45) is 0 Å². The van der Waals surface area contributed by atoms with Crippen molar-refractivity contribution in [3.05, 3.63) is 5.89 Å². The third-order valence-corrected chi connectivity index (χ3v) is 3.48. The van der Waals surface area contributed by atoms with Crippen LogP contribution < -0.4 is 10.2 Å². The van der Waals surface area contributed by atoms with E-state index in [9.17, 15) is 0 Å². The van der Waals surface area contributed by atoms with Gasteiger partial charge in [-0.3, -0.25) is 0 Å². The molecule has 1 saturated carbocycles. The summed E-state index contributed by atoms with van der Waals surface area (Å²) in [5.74, 6) is 0.673. The van der Waals surface area contributed by atoms with E-state index in [0.29, 0.717) is 17.9 Å². The van der Waals surface area contributed by atoms with Crippen molar-refractivity contribution in [1.29, 1.82) is 0 Å². The summed E-state index contributed by atoms with van der Waals surface area (Å²) < 4.78 is 5.71. The van der Waals surface area contributed by atoms with E-state index in [4.69, 9.17) is 4.42 Å². The van der Waals surface area contributed by atoms with Crippen molar-refractivity contribution < 1.29 is 4.42 Å². The summed E-state index contributed by atoms with van der Waals surface area (Å²) in [4.78, 5) is 2.13. The van der Waals surface area contributed by atoms with E-state index in [-0.39, 0.29) is 6.04 Å². The molecule has 0 aromatic carbocycles. The maximum absolute atomic E-state index is 5.71. The molecule has 0 aliphatic heterocycles. The molecule has 1 aliphatic carbocycles. The van der Waals surface area contributed by atoms with Gasteiger partial charge in [-0.1, -0.05) is 24.9 Å². The van der Waals surface area contributed by atoms with Gasteiger partial charge in [-0.15, -0.1) is 5.10 Å². The molecule has 0 saturated heterocycles. The highest BCUT2D eigenvalue weighted by Gasteiger charge is 2.24. The summed E-state index contributed by atoms with van der Waals surface area (Å²) >= 11 is 0. The number of aromatic nitrogens is 2. The predicted molar refractivity (Wildman–Crippen MR) is 67.0 cm³/mol. The molecule has 1 heterocycles. The Morgan fingerprint density at radius 2 is 2.12 bits per heavy atom. The van der Waals surface area contributed by atoms with Gasteiger partial charge in [0.2, 0.25) is 5.89 Å². The highest BCUT2D eigenvalue weighted by atomic mass is 16.4. The van der Waals surface area contributed by atoms with Crippen LogP contribution in [0, 0.1) is 0 Å². The molecule has 0 bridgehead atoms. The summed E-state index contributed by atoms with van der Waals surface area (Å²) in [6, 6.07) is 1.34. The fourth-order valence-corrected chi connectivity index (χ4v) is 2.39. The fraction of sp³-hybridized carbons (Fsp3) is 0.833. The minimum Gasteiger partial charge on any atom is -0.406 e. The van der Waals surface area contributed by atoms with Crippen molar-refractivity contribution in [2.45, 2.75) is 51.6 Å². The molecular weight excluding hydrogens is 216 g/mol. The predicted octanol–water partition coefficient (Wildman–Crippen LogP) is 2.12. The quantitative estimate of drug-likeness (QED) is 0.851. The molecule has 1 aromatic heterocycles. The van der Waals surface area contributed by atoms with Gasteiger partial charge in [0.25, 0.3) is 0 Å². The van der Waals surface area contributed by atoms with Gasteiger partial charge < -0.3 is 14.6 Å². The topological polar surface area (TPSA) is 54.2 Å². The monoisotopic (exact) mass is 238 g/mol. The van der Waals surface area contributed by atoms with Gasteiger partial charge in [-0.2, -0.15) is 0 Å². The Morgan fingerprint density at radius 1 is 1.41 bits per heavy atom. The lowest BCUT2D eigenvalue weighted by Gasteiger charge is -2.21. The second kappa shape index (κ2) is 5.49. The standard InChI is InChI=1S/C12H22N4O/c1-4-13-9(2)11-14-15-12(17-11)16(3)10-7-5-6-8-10/h9-10,13H,4-8H2,1-3H3. The number of anilines is 1. The first kappa shape index (κ1) is 12.4. The maximum atomic E-state index is 5.71. The van der Waals surface area contributed by atoms with Gasteiger partial charge >= 0.3 is 6.01 Å². The summed E-state index contributed by atoms with van der Waals surface area (Å²) in [6.07, 6.45) is 5.08. The van der Waals surface area contributed by atoms with Gasteiger partial charge in [0, 0.05) is 13.1 Å². The molecule has 1 aromatic rings. The maximum Gasteiger partial charge on any atom is 0.318 e. The van der Waals surface area contributed by atoms with Crippen LogP contribution in [0.15, 0.2) is 4.42 Å². The van der Waals surface area contributed by atoms with E-state index >= 15 is 0 Å². The molecule has 1 unspecified atom stereocenters. The Balaban J connectivity index is 2.01. The van der Waals surface area contributed by atoms with Crippen LogP contribution in [0.2, 0.25) is 0 Å². The average molecular weight is 238 g/mol. The minimum absolute atomic E-state index is 0.123. The normalized spacial score (nSPS) is 18.5. The van der Waals surface area contributed by atoms with Gasteiger partial charge in [0.1, 0.15) is 0 Å². The second-order valence-electron chi connectivity index (χ2n) is 4.75. The van der Waals surface area contributed by atoms with Crippen molar-refractivity contribution in [3.8, 4) is 0 Å².